The van der Waals surface area contributed by atoms with Crippen molar-refractivity contribution in [1.82, 2.24) is 10.3 Å². The third kappa shape index (κ3) is 7.43. The van der Waals surface area contributed by atoms with E-state index >= 15 is 4.39 Å². The summed E-state index contributed by atoms with van der Waals surface area (Å²) in [4.78, 5) is 41.6. The minimum absolute atomic E-state index is 0.0155. The van der Waals surface area contributed by atoms with Gasteiger partial charge in [-0.3, -0.25) is 24.8 Å². The molecule has 2 atom stereocenters. The first-order valence-electron chi connectivity index (χ1n) is 15.8. The third-order valence-corrected chi connectivity index (χ3v) is 9.11. The zero-order chi connectivity index (χ0) is 33.9. The number of nitrogens with two attached hydrogens (primary N) is 1. The van der Waals surface area contributed by atoms with E-state index in [1.165, 1.54) is 36.1 Å². The van der Waals surface area contributed by atoms with Crippen LogP contribution in [-0.4, -0.2) is 41.8 Å². The highest BCUT2D eigenvalue weighted by molar-refractivity contribution is 5.98. The monoisotopic (exact) mass is 653 g/mol. The molecule has 4 N–H and O–H groups in total. The molecular formula is C35H39F4N5O3. The van der Waals surface area contributed by atoms with Crippen LogP contribution < -0.4 is 21.5 Å². The lowest BCUT2D eigenvalue weighted by Gasteiger charge is -2.41. The van der Waals surface area contributed by atoms with Gasteiger partial charge in [-0.15, -0.1) is 0 Å². The molecule has 1 aliphatic carbocycles. The number of nitrogens with one attached hydrogen (secondary N) is 2. The van der Waals surface area contributed by atoms with Crippen LogP contribution in [0.25, 0.3) is 0 Å². The molecule has 8 nitrogen and oxygen atoms in total. The van der Waals surface area contributed by atoms with Crippen molar-refractivity contribution in [1.29, 1.82) is 0 Å². The van der Waals surface area contributed by atoms with Gasteiger partial charge in [-0.2, -0.15) is 13.2 Å². The first-order chi connectivity index (χ1) is 22.4. The summed E-state index contributed by atoms with van der Waals surface area (Å²) in [6.45, 7) is 3.04. The number of rotatable bonds is 8. The van der Waals surface area contributed by atoms with Crippen LogP contribution in [-0.2, 0) is 15.8 Å². The van der Waals surface area contributed by atoms with Crippen molar-refractivity contribution in [3.8, 4) is 0 Å². The third-order valence-electron chi connectivity index (χ3n) is 9.11. The molecule has 47 heavy (non-hydrogen) atoms. The zero-order valence-corrected chi connectivity index (χ0v) is 26.4. The van der Waals surface area contributed by atoms with Crippen molar-refractivity contribution < 1.29 is 31.9 Å². The second kappa shape index (κ2) is 14.1. The fourth-order valence-electron chi connectivity index (χ4n) is 6.74. The van der Waals surface area contributed by atoms with Crippen LogP contribution in [0.5, 0.6) is 0 Å². The van der Waals surface area contributed by atoms with E-state index in [4.69, 9.17) is 5.73 Å². The molecule has 0 aromatic heterocycles. The molecule has 12 heteroatoms. The summed E-state index contributed by atoms with van der Waals surface area (Å²) in [5.74, 6) is -3.01. The van der Waals surface area contributed by atoms with E-state index in [0.29, 0.717) is 29.7 Å². The van der Waals surface area contributed by atoms with E-state index in [2.05, 4.69) is 10.7 Å². The smallest absolute Gasteiger partial charge is 0.331 e. The van der Waals surface area contributed by atoms with Crippen molar-refractivity contribution in [2.45, 2.75) is 70.6 Å². The summed E-state index contributed by atoms with van der Waals surface area (Å²) in [5, 5.41) is 4.45. The molecular weight excluding hydrogens is 614 g/mol. The molecule has 0 bridgehead atoms. The van der Waals surface area contributed by atoms with Gasteiger partial charge in [0.05, 0.1) is 41.4 Å². The Kier molecular flexibility index (Phi) is 10.2. The van der Waals surface area contributed by atoms with E-state index < -0.39 is 41.3 Å². The van der Waals surface area contributed by atoms with Crippen LogP contribution in [0.3, 0.4) is 0 Å². The average Bonchev–Trinajstić information content (AvgIpc) is 3.58. The quantitative estimate of drug-likeness (QED) is 0.192. The lowest BCUT2D eigenvalue weighted by Crippen LogP contribution is -2.50. The van der Waals surface area contributed by atoms with Crippen molar-refractivity contribution in [3.63, 3.8) is 0 Å². The maximum absolute atomic E-state index is 15.1. The second-order valence-electron chi connectivity index (χ2n) is 12.3. The van der Waals surface area contributed by atoms with E-state index in [0.717, 1.165) is 31.7 Å². The molecule has 2 aliphatic rings. The fourth-order valence-corrected chi connectivity index (χ4v) is 6.74. The highest BCUT2D eigenvalue weighted by atomic mass is 19.4. The number of likely N-dealkylation sites (tertiary alicyclic amines) is 1. The molecule has 1 saturated carbocycles. The SMILES string of the molecule is Cc1ccc(NC(=O)[C@H]2CCCN(C(=O)c3c(C)cccc3F)[C@H]2c2ccc(N(NC(=O)CN)C3CCCC3)cc2)cc1C(F)(F)F. The Balaban J connectivity index is 1.52. The summed E-state index contributed by atoms with van der Waals surface area (Å²) in [6, 6.07) is 14.3. The number of anilines is 2. The molecule has 0 spiro atoms. The predicted octanol–water partition coefficient (Wildman–Crippen LogP) is 6.43. The Morgan fingerprint density at radius 1 is 0.936 bits per heavy atom. The molecule has 0 unspecified atom stereocenters. The second-order valence-corrected chi connectivity index (χ2v) is 12.3. The molecule has 1 heterocycles. The van der Waals surface area contributed by atoms with Gasteiger partial charge in [0.2, 0.25) is 5.91 Å². The molecule has 2 fully saturated rings. The maximum Gasteiger partial charge on any atom is 0.416 e. The largest absolute Gasteiger partial charge is 0.416 e. The number of carbonyl (C=O) groups is 3. The Morgan fingerprint density at radius 2 is 1.64 bits per heavy atom. The normalized spacial score (nSPS) is 18.6. The van der Waals surface area contributed by atoms with E-state index in [1.807, 2.05) is 0 Å². The standard InChI is InChI=1S/C35H39F4N5O3/c1-21-12-15-24(19-28(21)35(37,38)39)41-33(46)27-10-6-18-43(34(47)31-22(2)7-5-11-29(31)36)32(27)23-13-16-26(17-14-23)44(42-30(45)20-40)25-8-3-4-9-25/h5,7,11-17,19,25,27,32H,3-4,6,8-10,18,20,40H2,1-2H3,(H,41,46)(H,42,45)/t27-,32-/m0/s1. The van der Waals surface area contributed by atoms with Crippen molar-refractivity contribution >= 4 is 29.1 Å². The summed E-state index contributed by atoms with van der Waals surface area (Å²) < 4.78 is 55.9. The molecule has 250 valence electrons. The summed E-state index contributed by atoms with van der Waals surface area (Å²) in [6.07, 6.45) is -0.0151. The van der Waals surface area contributed by atoms with Crippen LogP contribution in [0.15, 0.2) is 60.7 Å². The van der Waals surface area contributed by atoms with Crippen LogP contribution in [0.1, 0.15) is 77.2 Å². The van der Waals surface area contributed by atoms with Crippen LogP contribution in [0.2, 0.25) is 0 Å². The highest BCUT2D eigenvalue weighted by Gasteiger charge is 2.41. The van der Waals surface area contributed by atoms with Gasteiger partial charge in [-0.05, 0) is 86.6 Å². The summed E-state index contributed by atoms with van der Waals surface area (Å²) >= 11 is 0. The molecule has 1 aliphatic heterocycles. The van der Waals surface area contributed by atoms with Crippen LogP contribution >= 0.6 is 0 Å². The molecule has 3 aromatic carbocycles. The lowest BCUT2D eigenvalue weighted by atomic mass is 9.83. The van der Waals surface area contributed by atoms with Crippen LogP contribution in [0.4, 0.5) is 28.9 Å². The number of nitrogens with zero attached hydrogens (tertiary/aromatic N) is 2. The molecule has 3 aromatic rings. The van der Waals surface area contributed by atoms with Gasteiger partial charge >= 0.3 is 6.18 Å². The lowest BCUT2D eigenvalue weighted by molar-refractivity contribution is -0.138. The number of carbonyl (C=O) groups excluding carboxylic acids is 3. The molecule has 3 amide bonds. The fraction of sp³-hybridized carbons (Fsp3) is 0.400. The number of hydrogen-bond acceptors (Lipinski definition) is 5. The summed E-state index contributed by atoms with van der Waals surface area (Å²) in [7, 11) is 0. The number of aryl methyl sites for hydroxylation is 2. The highest BCUT2D eigenvalue weighted by Crippen LogP contribution is 2.40. The predicted molar refractivity (Wildman–Crippen MR) is 171 cm³/mol. The van der Waals surface area contributed by atoms with Gasteiger partial charge in [-0.1, -0.05) is 43.2 Å². The number of piperidine rings is 1. The minimum atomic E-state index is -4.60. The zero-order valence-electron chi connectivity index (χ0n) is 26.4. The Morgan fingerprint density at radius 3 is 2.28 bits per heavy atom. The van der Waals surface area contributed by atoms with E-state index in [1.54, 1.807) is 42.3 Å². The number of alkyl halides is 3. The number of benzene rings is 3. The Bertz CT molecular complexity index is 1600. The minimum Gasteiger partial charge on any atom is -0.331 e. The first-order valence-corrected chi connectivity index (χ1v) is 15.8. The Labute approximate surface area is 271 Å². The summed E-state index contributed by atoms with van der Waals surface area (Å²) in [5.41, 5.74) is 9.23. The van der Waals surface area contributed by atoms with E-state index in [9.17, 15) is 27.6 Å². The number of hydrazine groups is 1. The first kappa shape index (κ1) is 33.9. The number of hydrogen-bond donors (Lipinski definition) is 3. The van der Waals surface area contributed by atoms with Gasteiger partial charge in [0, 0.05) is 12.2 Å². The van der Waals surface area contributed by atoms with Crippen LogP contribution in [0, 0.1) is 25.6 Å². The molecule has 0 radical (unpaired) electrons. The van der Waals surface area contributed by atoms with Crippen molar-refractivity contribution in [3.05, 3.63) is 94.3 Å². The number of amides is 3. The Hall–Kier alpha value is -4.45. The van der Waals surface area contributed by atoms with Crippen molar-refractivity contribution in [2.24, 2.45) is 11.7 Å². The van der Waals surface area contributed by atoms with Gasteiger partial charge in [0.25, 0.3) is 11.8 Å². The van der Waals surface area contributed by atoms with Gasteiger partial charge in [-0.25, -0.2) is 4.39 Å². The van der Waals surface area contributed by atoms with Gasteiger partial charge < -0.3 is 16.0 Å². The molecule has 5 rings (SSSR count). The number of halogens is 4. The van der Waals surface area contributed by atoms with Gasteiger partial charge in [0.1, 0.15) is 5.82 Å². The topological polar surface area (TPSA) is 108 Å². The van der Waals surface area contributed by atoms with Gasteiger partial charge in [0.15, 0.2) is 0 Å². The maximum atomic E-state index is 15.1. The van der Waals surface area contributed by atoms with E-state index in [-0.39, 0.29) is 41.9 Å². The molecule has 1 saturated heterocycles. The average molecular weight is 654 g/mol. The van der Waals surface area contributed by atoms with Crippen molar-refractivity contribution in [2.75, 3.05) is 23.4 Å².